The van der Waals surface area contributed by atoms with E-state index in [4.69, 9.17) is 16.3 Å². The molecule has 1 aromatic carbocycles. The monoisotopic (exact) mass is 464 g/mol. The van der Waals surface area contributed by atoms with Gasteiger partial charge in [0.2, 0.25) is 5.88 Å². The highest BCUT2D eigenvalue weighted by Gasteiger charge is 2.42. The Morgan fingerprint density at radius 2 is 2.03 bits per heavy atom. The molecule has 0 bridgehead atoms. The van der Waals surface area contributed by atoms with Crippen LogP contribution in [0.1, 0.15) is 16.2 Å². The molecule has 1 amide bonds. The minimum atomic E-state index is -4.99. The number of rotatable bonds is 4. The molecule has 4 aromatic rings. The van der Waals surface area contributed by atoms with E-state index >= 15 is 0 Å². The molecule has 0 spiro atoms. The van der Waals surface area contributed by atoms with Gasteiger partial charge in [-0.3, -0.25) is 9.59 Å². The fourth-order valence-corrected chi connectivity index (χ4v) is 3.32. The first-order valence-electron chi connectivity index (χ1n) is 8.85. The minimum absolute atomic E-state index is 0.0279. The van der Waals surface area contributed by atoms with Crippen molar-refractivity contribution in [3.8, 4) is 11.6 Å². The lowest BCUT2D eigenvalue weighted by molar-refractivity contribution is -0.143. The molecule has 32 heavy (non-hydrogen) atoms. The van der Waals surface area contributed by atoms with Crippen molar-refractivity contribution in [2.24, 2.45) is 0 Å². The van der Waals surface area contributed by atoms with Crippen LogP contribution in [0.3, 0.4) is 0 Å². The van der Waals surface area contributed by atoms with Crippen molar-refractivity contribution in [1.82, 2.24) is 25.0 Å². The average Bonchev–Trinajstić information content (AvgIpc) is 3.20. The van der Waals surface area contributed by atoms with Crippen LogP contribution in [0.25, 0.3) is 16.5 Å². The van der Waals surface area contributed by atoms with Crippen LogP contribution in [-0.2, 0) is 6.18 Å². The third-order valence-corrected chi connectivity index (χ3v) is 4.70. The quantitative estimate of drug-likeness (QED) is 0.478. The van der Waals surface area contributed by atoms with Crippen molar-refractivity contribution in [3.63, 3.8) is 0 Å². The number of alkyl halides is 3. The molecule has 2 N–H and O–H groups in total. The van der Waals surface area contributed by atoms with Gasteiger partial charge in [0.15, 0.2) is 11.4 Å². The van der Waals surface area contributed by atoms with Crippen LogP contribution in [0.2, 0.25) is 5.02 Å². The Morgan fingerprint density at radius 3 is 2.72 bits per heavy atom. The highest BCUT2D eigenvalue weighted by Crippen LogP contribution is 2.34. The first-order valence-corrected chi connectivity index (χ1v) is 9.23. The molecule has 0 saturated carbocycles. The van der Waals surface area contributed by atoms with Crippen LogP contribution in [0.5, 0.6) is 5.88 Å². The van der Waals surface area contributed by atoms with Crippen LogP contribution in [0.15, 0.2) is 47.5 Å². The van der Waals surface area contributed by atoms with E-state index in [0.29, 0.717) is 4.68 Å². The number of pyridine rings is 2. The number of hydrogen-bond donors (Lipinski definition) is 2. The molecule has 0 aliphatic heterocycles. The number of aromatic nitrogens is 5. The fourth-order valence-electron chi connectivity index (χ4n) is 3.08. The van der Waals surface area contributed by atoms with Gasteiger partial charge in [-0.1, -0.05) is 22.9 Å². The second-order valence-corrected chi connectivity index (χ2v) is 6.82. The maximum atomic E-state index is 14.0. The van der Waals surface area contributed by atoms with Gasteiger partial charge in [0.05, 0.1) is 24.7 Å². The highest BCUT2D eigenvalue weighted by atomic mass is 35.5. The zero-order chi connectivity index (χ0) is 23.0. The van der Waals surface area contributed by atoms with Crippen LogP contribution in [0, 0.1) is 0 Å². The van der Waals surface area contributed by atoms with Crippen LogP contribution >= 0.6 is 11.6 Å². The summed E-state index contributed by atoms with van der Waals surface area (Å²) in [6.07, 6.45) is -2.53. The fraction of sp³-hybridized carbons (Fsp3) is 0.105. The molecule has 4 rings (SSSR count). The van der Waals surface area contributed by atoms with Crippen molar-refractivity contribution in [2.45, 2.75) is 6.18 Å². The predicted molar refractivity (Wildman–Crippen MR) is 108 cm³/mol. The second kappa shape index (κ2) is 7.96. The number of aromatic amines is 1. The van der Waals surface area contributed by atoms with Gasteiger partial charge in [-0.2, -0.15) is 13.2 Å². The topological polar surface area (TPSA) is 115 Å². The van der Waals surface area contributed by atoms with Gasteiger partial charge >= 0.3 is 6.18 Å². The number of hydrogen-bond acceptors (Lipinski definition) is 6. The van der Waals surface area contributed by atoms with E-state index in [9.17, 15) is 22.8 Å². The lowest BCUT2D eigenvalue weighted by atomic mass is 10.1. The Balaban J connectivity index is 1.81. The van der Waals surface area contributed by atoms with Crippen LogP contribution in [-0.4, -0.2) is 38.0 Å². The minimum Gasteiger partial charge on any atom is -0.480 e. The molecule has 0 fully saturated rings. The first-order chi connectivity index (χ1) is 15.2. The number of carbonyl (C=O) groups is 1. The third-order valence-electron chi connectivity index (χ3n) is 4.43. The van der Waals surface area contributed by atoms with Gasteiger partial charge in [-0.15, -0.1) is 5.10 Å². The van der Waals surface area contributed by atoms with E-state index in [0.717, 1.165) is 6.20 Å². The van der Waals surface area contributed by atoms with Crippen molar-refractivity contribution >= 4 is 34.0 Å². The lowest BCUT2D eigenvalue weighted by Crippen LogP contribution is -2.21. The van der Waals surface area contributed by atoms with Gasteiger partial charge < -0.3 is 15.0 Å². The summed E-state index contributed by atoms with van der Waals surface area (Å²) in [5.41, 5.74) is -2.90. The van der Waals surface area contributed by atoms with Crippen LogP contribution < -0.4 is 15.6 Å². The van der Waals surface area contributed by atoms with E-state index in [2.05, 4.69) is 25.6 Å². The molecule has 0 aliphatic carbocycles. The molecule has 13 heteroatoms. The zero-order valence-corrected chi connectivity index (χ0v) is 16.8. The summed E-state index contributed by atoms with van der Waals surface area (Å²) in [6, 6.07) is 6.88. The molecule has 0 unspecified atom stereocenters. The Hall–Kier alpha value is -3.93. The Kier molecular flexibility index (Phi) is 5.30. The molecule has 3 heterocycles. The van der Waals surface area contributed by atoms with E-state index in [1.54, 1.807) is 0 Å². The zero-order valence-electron chi connectivity index (χ0n) is 16.1. The molecule has 0 radical (unpaired) electrons. The predicted octanol–water partition coefficient (Wildman–Crippen LogP) is 3.44. The van der Waals surface area contributed by atoms with Crippen LogP contribution in [0.4, 0.5) is 18.9 Å². The first kappa shape index (κ1) is 21.3. The number of fused-ring (bicyclic) bond motifs is 1. The van der Waals surface area contributed by atoms with Gasteiger partial charge in [0.25, 0.3) is 11.5 Å². The molecule has 9 nitrogen and oxygen atoms in total. The van der Waals surface area contributed by atoms with Gasteiger partial charge in [-0.05, 0) is 24.3 Å². The van der Waals surface area contributed by atoms with E-state index in [1.165, 1.54) is 43.6 Å². The number of methoxy groups -OCH3 is 1. The number of anilines is 1. The number of nitrogens with zero attached hydrogens (tertiary/aromatic N) is 4. The SMILES string of the molecule is COc1ncc(NC(=O)c2nnn(-c3cccc4c(=O)[nH]ccc34)c2C(F)(F)F)cc1Cl. The van der Waals surface area contributed by atoms with Crippen molar-refractivity contribution in [1.29, 1.82) is 0 Å². The Labute approximate surface area is 181 Å². The summed E-state index contributed by atoms with van der Waals surface area (Å²) in [7, 11) is 1.33. The highest BCUT2D eigenvalue weighted by molar-refractivity contribution is 6.32. The molecule has 0 aliphatic rings. The van der Waals surface area contributed by atoms with Gasteiger partial charge in [0, 0.05) is 17.0 Å². The molecular formula is C19H12ClF3N6O3. The Morgan fingerprint density at radius 1 is 1.25 bits per heavy atom. The summed E-state index contributed by atoms with van der Waals surface area (Å²) in [4.78, 5) is 30.9. The number of ether oxygens (including phenoxy) is 1. The van der Waals surface area contributed by atoms with Crippen molar-refractivity contribution < 1.29 is 22.7 Å². The summed E-state index contributed by atoms with van der Waals surface area (Å²) < 4.78 is 47.3. The summed E-state index contributed by atoms with van der Waals surface area (Å²) in [5.74, 6) is -1.10. The molecular weight excluding hydrogens is 453 g/mol. The van der Waals surface area contributed by atoms with Gasteiger partial charge in [-0.25, -0.2) is 9.67 Å². The molecule has 164 valence electrons. The largest absolute Gasteiger partial charge is 0.480 e. The van der Waals surface area contributed by atoms with E-state index in [-0.39, 0.29) is 33.0 Å². The van der Waals surface area contributed by atoms with Crippen molar-refractivity contribution in [3.05, 3.63) is 69.5 Å². The lowest BCUT2D eigenvalue weighted by Gasteiger charge is -2.13. The smallest absolute Gasteiger partial charge is 0.435 e. The number of amides is 1. The number of nitrogens with one attached hydrogen (secondary N) is 2. The Bertz CT molecular complexity index is 1400. The number of H-pyrrole nitrogens is 1. The van der Waals surface area contributed by atoms with Gasteiger partial charge in [0.1, 0.15) is 5.02 Å². The van der Waals surface area contributed by atoms with Crippen molar-refractivity contribution in [2.75, 3.05) is 12.4 Å². The normalized spacial score (nSPS) is 11.5. The molecule has 0 atom stereocenters. The summed E-state index contributed by atoms with van der Waals surface area (Å²) in [6.45, 7) is 0. The molecule has 0 saturated heterocycles. The maximum absolute atomic E-state index is 14.0. The number of carbonyl (C=O) groups excluding carboxylic acids is 1. The summed E-state index contributed by atoms with van der Waals surface area (Å²) in [5, 5.41) is 9.67. The third kappa shape index (κ3) is 3.75. The van der Waals surface area contributed by atoms with E-state index < -0.39 is 29.0 Å². The number of benzene rings is 1. The maximum Gasteiger partial charge on any atom is 0.435 e. The molecule has 3 aromatic heterocycles. The second-order valence-electron chi connectivity index (χ2n) is 6.41. The van der Waals surface area contributed by atoms with E-state index in [1.807, 2.05) is 0 Å². The number of halogens is 4. The summed E-state index contributed by atoms with van der Waals surface area (Å²) >= 11 is 5.94. The standard InChI is InChI=1S/C19H12ClF3N6O3/c1-32-18-12(20)7-9(8-25-18)26-17(31)14-15(19(21,22)23)29(28-27-14)13-4-2-3-11-10(13)5-6-24-16(11)30/h2-8H,1H3,(H,24,30)(H,26,31). The average molecular weight is 465 g/mol.